The Morgan fingerprint density at radius 3 is 2.38 bits per heavy atom. The monoisotopic (exact) mass is 564 g/mol. The Hall–Kier alpha value is -3.37. The second kappa shape index (κ2) is 12.4. The summed E-state index contributed by atoms with van der Waals surface area (Å²) in [4.78, 5) is 4.17. The molecule has 1 saturated carbocycles. The van der Waals surface area contributed by atoms with Crippen molar-refractivity contribution in [3.63, 3.8) is 0 Å². The average molecular weight is 565 g/mol. The Morgan fingerprint density at radius 2 is 1.75 bits per heavy atom. The normalized spacial score (nSPS) is 14.3. The van der Waals surface area contributed by atoms with Crippen molar-refractivity contribution in [3.05, 3.63) is 65.6 Å². The van der Waals surface area contributed by atoms with Gasteiger partial charge in [-0.3, -0.25) is 0 Å². The predicted molar refractivity (Wildman–Crippen MR) is 146 cm³/mol. The van der Waals surface area contributed by atoms with E-state index in [1.807, 2.05) is 20.8 Å². The molecule has 1 aromatic heterocycles. The van der Waals surface area contributed by atoms with Crippen molar-refractivity contribution in [2.45, 2.75) is 71.9 Å². The fraction of sp³-hybridized carbons (Fsp3) is 0.433. The Labute approximate surface area is 232 Å². The van der Waals surface area contributed by atoms with Gasteiger partial charge in [0, 0.05) is 35.5 Å². The van der Waals surface area contributed by atoms with Crippen LogP contribution in [0.2, 0.25) is 0 Å². The lowest BCUT2D eigenvalue weighted by Gasteiger charge is -2.23. The second-order valence-corrected chi connectivity index (χ2v) is 10.7. The Morgan fingerprint density at radius 1 is 1.02 bits per heavy atom. The van der Waals surface area contributed by atoms with Crippen LogP contribution in [0.25, 0.3) is 11.1 Å². The van der Waals surface area contributed by atoms with Crippen molar-refractivity contribution in [3.8, 4) is 34.3 Å². The summed E-state index contributed by atoms with van der Waals surface area (Å²) < 4.78 is 69.8. The third-order valence-corrected chi connectivity index (χ3v) is 6.05. The zero-order valence-electron chi connectivity index (χ0n) is 22.2. The molecule has 2 N–H and O–H groups in total. The number of hydrogen-bond donors (Lipinski definition) is 2. The molecule has 1 fully saturated rings. The highest BCUT2D eigenvalue weighted by Gasteiger charge is 2.36. The molecule has 2 aromatic carbocycles. The number of hydrogen-bond acceptors (Lipinski definition) is 6. The van der Waals surface area contributed by atoms with Crippen LogP contribution in [0, 0.1) is 12.7 Å². The van der Waals surface area contributed by atoms with Gasteiger partial charge >= 0.3 is 6.36 Å². The molecule has 1 atom stereocenters. The van der Waals surface area contributed by atoms with E-state index in [2.05, 4.69) is 15.0 Å². The number of aryl methyl sites for hydroxylation is 1. The van der Waals surface area contributed by atoms with Crippen molar-refractivity contribution in [1.29, 1.82) is 0 Å². The number of aliphatic hydroxyl groups is 1. The first kappa shape index (κ1) is 31.2. The molecule has 0 spiro atoms. The van der Waals surface area contributed by atoms with E-state index in [1.54, 1.807) is 25.1 Å². The number of aliphatic hydroxyl groups excluding tert-OH is 1. The summed E-state index contributed by atoms with van der Waals surface area (Å²) in [5.74, 6) is 0.0228. The van der Waals surface area contributed by atoms with E-state index in [0.717, 1.165) is 12.8 Å². The van der Waals surface area contributed by atoms with Gasteiger partial charge in [0.15, 0.2) is 0 Å². The number of alkyl halides is 3. The van der Waals surface area contributed by atoms with E-state index in [0.29, 0.717) is 34.5 Å². The van der Waals surface area contributed by atoms with Crippen molar-refractivity contribution < 1.29 is 36.9 Å². The summed E-state index contributed by atoms with van der Waals surface area (Å²) in [5.41, 5.74) is 1.52. The number of ether oxygens (including phenoxy) is 3. The molecule has 0 aliphatic heterocycles. The van der Waals surface area contributed by atoms with Crippen LogP contribution in [0.3, 0.4) is 0 Å². The quantitative estimate of drug-likeness (QED) is 0.248. The first-order chi connectivity index (χ1) is 18.3. The molecule has 0 radical (unpaired) electrons. The molecule has 0 amide bonds. The van der Waals surface area contributed by atoms with Gasteiger partial charge in [0.05, 0.1) is 0 Å². The minimum Gasteiger partial charge on any atom is -0.475 e. The molecule has 0 bridgehead atoms. The number of aromatic nitrogens is 1. The third kappa shape index (κ3) is 8.82. The number of β-amino-alcohol motifs (C(OH)–C–C–N with tert-alkyl or cyclic N) is 1. The fourth-order valence-corrected chi connectivity index (χ4v) is 3.98. The van der Waals surface area contributed by atoms with Gasteiger partial charge in [-0.25, -0.2) is 9.37 Å². The minimum absolute atomic E-state index is 0. The van der Waals surface area contributed by atoms with Crippen molar-refractivity contribution in [1.82, 2.24) is 10.3 Å². The molecule has 6 nitrogen and oxygen atoms in total. The van der Waals surface area contributed by atoms with E-state index in [-0.39, 0.29) is 42.9 Å². The van der Waals surface area contributed by atoms with Crippen molar-refractivity contribution in [2.75, 3.05) is 13.2 Å². The van der Waals surface area contributed by atoms with E-state index < -0.39 is 18.3 Å². The molecule has 1 aliphatic carbocycles. The first-order valence-electron chi connectivity index (χ1n) is 12.7. The molecule has 40 heavy (non-hydrogen) atoms. The minimum atomic E-state index is -4.87. The molecule has 1 heterocycles. The number of nitrogens with zero attached hydrogens (tertiary/aromatic N) is 1. The van der Waals surface area contributed by atoms with Gasteiger partial charge in [0.2, 0.25) is 5.88 Å². The number of halogens is 4. The van der Waals surface area contributed by atoms with Crippen LogP contribution in [0.5, 0.6) is 23.1 Å². The van der Waals surface area contributed by atoms with E-state index in [4.69, 9.17) is 9.47 Å². The van der Waals surface area contributed by atoms with Crippen LogP contribution in [-0.2, 0) is 0 Å². The maximum Gasteiger partial charge on any atom is 0.573 e. The lowest BCUT2D eigenvalue weighted by Crippen LogP contribution is -2.42. The van der Waals surface area contributed by atoms with E-state index in [9.17, 15) is 22.7 Å². The standard InChI is InChI=1S/C29H32F4N2O4.CH4/c1-17-11-20(30)7-8-24(17)38-25-13-22(18-5-6-18)26(39-29(31,32)33)14-23(25)19-9-10-34-27(12-19)37-16-21(36)15-35-28(2,3)4;/h7-14,18,21,35-36H,5-6,15-16H2,1-4H3;1H4. The Kier molecular flexibility index (Phi) is 9.68. The highest BCUT2D eigenvalue weighted by Crippen LogP contribution is 2.50. The lowest BCUT2D eigenvalue weighted by atomic mass is 10.00. The molecule has 0 saturated heterocycles. The predicted octanol–water partition coefficient (Wildman–Crippen LogP) is 7.53. The molecule has 1 aliphatic rings. The molecule has 3 aromatic rings. The molecule has 10 heteroatoms. The maximum atomic E-state index is 13.7. The van der Waals surface area contributed by atoms with Crippen molar-refractivity contribution >= 4 is 0 Å². The van der Waals surface area contributed by atoms with Crippen LogP contribution >= 0.6 is 0 Å². The van der Waals surface area contributed by atoms with Gasteiger partial charge < -0.3 is 24.6 Å². The zero-order chi connectivity index (χ0) is 28.4. The van der Waals surface area contributed by atoms with Gasteiger partial charge in [0.1, 0.15) is 35.8 Å². The van der Waals surface area contributed by atoms with E-state index >= 15 is 0 Å². The number of rotatable bonds is 10. The van der Waals surface area contributed by atoms with Gasteiger partial charge in [-0.1, -0.05) is 7.43 Å². The van der Waals surface area contributed by atoms with Crippen LogP contribution < -0.4 is 19.5 Å². The number of pyridine rings is 1. The summed E-state index contributed by atoms with van der Waals surface area (Å²) in [5, 5.41) is 13.4. The topological polar surface area (TPSA) is 72.8 Å². The van der Waals surface area contributed by atoms with E-state index in [1.165, 1.54) is 30.5 Å². The molecule has 4 rings (SSSR count). The smallest absolute Gasteiger partial charge is 0.475 e. The SMILES string of the molecule is C.Cc1cc(F)ccc1Oc1cc(C2CC2)c(OC(F)(F)F)cc1-c1ccnc(OCC(O)CNC(C)(C)C)c1. The summed E-state index contributed by atoms with van der Waals surface area (Å²) in [6, 6.07) is 10.1. The first-order valence-corrected chi connectivity index (χ1v) is 12.7. The molecule has 218 valence electrons. The van der Waals surface area contributed by atoms with Crippen LogP contribution in [-0.4, -0.2) is 41.2 Å². The van der Waals surface area contributed by atoms with Gasteiger partial charge in [-0.2, -0.15) is 0 Å². The lowest BCUT2D eigenvalue weighted by molar-refractivity contribution is -0.274. The summed E-state index contributed by atoms with van der Waals surface area (Å²) >= 11 is 0. The van der Waals surface area contributed by atoms with Crippen molar-refractivity contribution in [2.24, 2.45) is 0 Å². The summed E-state index contributed by atoms with van der Waals surface area (Å²) in [6.07, 6.45) is -2.75. The van der Waals surface area contributed by atoms with Crippen LogP contribution in [0.15, 0.2) is 48.7 Å². The number of benzene rings is 2. The third-order valence-electron chi connectivity index (χ3n) is 6.05. The molecular weight excluding hydrogens is 528 g/mol. The largest absolute Gasteiger partial charge is 0.573 e. The summed E-state index contributed by atoms with van der Waals surface area (Å²) in [7, 11) is 0. The molecular formula is C30H36F4N2O4. The zero-order valence-corrected chi connectivity index (χ0v) is 22.2. The second-order valence-electron chi connectivity index (χ2n) is 10.7. The van der Waals surface area contributed by atoms with Crippen LogP contribution in [0.1, 0.15) is 58.1 Å². The highest BCUT2D eigenvalue weighted by atomic mass is 19.4. The number of nitrogens with one attached hydrogen (secondary N) is 1. The average Bonchev–Trinajstić information content (AvgIpc) is 3.68. The maximum absolute atomic E-state index is 13.7. The Balaban J connectivity index is 0.00000441. The highest BCUT2D eigenvalue weighted by molar-refractivity contribution is 5.74. The van der Waals surface area contributed by atoms with Gasteiger partial charge in [0.25, 0.3) is 0 Å². The fourth-order valence-electron chi connectivity index (χ4n) is 3.98. The molecule has 1 unspecified atom stereocenters. The van der Waals surface area contributed by atoms with Gasteiger partial charge in [-0.05, 0) is 94.0 Å². The Bertz CT molecular complexity index is 1300. The van der Waals surface area contributed by atoms with Crippen LogP contribution in [0.4, 0.5) is 17.6 Å². The summed E-state index contributed by atoms with van der Waals surface area (Å²) in [6.45, 7) is 7.87. The van der Waals surface area contributed by atoms with Gasteiger partial charge in [-0.15, -0.1) is 13.2 Å².